The summed E-state index contributed by atoms with van der Waals surface area (Å²) in [6, 6.07) is 16.8. The van der Waals surface area contributed by atoms with Crippen molar-refractivity contribution in [3.63, 3.8) is 0 Å². The van der Waals surface area contributed by atoms with Gasteiger partial charge in [-0.1, -0.05) is 42.0 Å². The maximum absolute atomic E-state index is 13.4. The lowest BCUT2D eigenvalue weighted by Gasteiger charge is -2.41. The fourth-order valence-corrected chi connectivity index (χ4v) is 6.75. The Kier molecular flexibility index (Phi) is 9.87. The van der Waals surface area contributed by atoms with Crippen LogP contribution in [0.15, 0.2) is 60.7 Å². The predicted molar refractivity (Wildman–Crippen MR) is 193 cm³/mol. The Bertz CT molecular complexity index is 1850. The summed E-state index contributed by atoms with van der Waals surface area (Å²) in [6.45, 7) is 16.1. The van der Waals surface area contributed by atoms with Crippen molar-refractivity contribution >= 4 is 17.4 Å². The minimum absolute atomic E-state index is 0.0441. The molecule has 0 N–H and O–H groups in total. The van der Waals surface area contributed by atoms with Gasteiger partial charge in [-0.15, -0.1) is 0 Å². The Balaban J connectivity index is 1.54. The molecule has 4 aromatic rings. The van der Waals surface area contributed by atoms with E-state index in [0.717, 1.165) is 65.2 Å². The van der Waals surface area contributed by atoms with Crippen LogP contribution in [0.2, 0.25) is 0 Å². The number of aromatic nitrogens is 3. The number of aryl methyl sites for hydroxylation is 2. The third kappa shape index (κ3) is 7.68. The zero-order valence-electron chi connectivity index (χ0n) is 30.2. The molecule has 3 aliphatic heterocycles. The molecule has 260 valence electrons. The van der Waals surface area contributed by atoms with Crippen molar-refractivity contribution in [2.24, 2.45) is 0 Å². The zero-order chi connectivity index (χ0) is 34.9. The molecule has 0 amide bonds. The van der Waals surface area contributed by atoms with Crippen LogP contribution in [0.25, 0.3) is 28.0 Å². The highest BCUT2D eigenvalue weighted by Gasteiger charge is 2.38. The normalized spacial score (nSPS) is 20.8. The molecule has 3 aliphatic rings. The van der Waals surface area contributed by atoms with Gasteiger partial charge in [-0.25, -0.2) is 9.78 Å². The smallest absolute Gasteiger partial charge is 0.339 e. The van der Waals surface area contributed by atoms with Gasteiger partial charge in [-0.05, 0) is 97.9 Å². The summed E-state index contributed by atoms with van der Waals surface area (Å²) in [4.78, 5) is 20.7. The number of hydrogen-bond donors (Lipinski definition) is 0. The molecule has 0 radical (unpaired) electrons. The lowest BCUT2D eigenvalue weighted by atomic mass is 9.92. The number of hydrogen-bond acceptors (Lipinski definition) is 8. The molecule has 0 saturated carbocycles. The second-order valence-electron chi connectivity index (χ2n) is 14.7. The van der Waals surface area contributed by atoms with Gasteiger partial charge in [0.15, 0.2) is 11.8 Å². The molecule has 0 unspecified atom stereocenters. The first-order valence-electron chi connectivity index (χ1n) is 17.4. The van der Waals surface area contributed by atoms with Gasteiger partial charge in [0, 0.05) is 36.0 Å². The largest absolute Gasteiger partial charge is 0.490 e. The molecular formula is C40H50N4O5. The SMILES string of the molecule is COC(=O)[C@@H](OC(C)(C)C)c1c(C)nc2cc3nn2c1N1CCC(C)(CC1)OCC=CCC[C@H](C)Oc1ccc(C)cc1-c1cccc-3c1. The molecule has 7 rings (SSSR count). The van der Waals surface area contributed by atoms with E-state index in [4.69, 9.17) is 29.0 Å². The number of carbonyl (C=O) groups is 1. The Morgan fingerprint density at radius 3 is 2.53 bits per heavy atom. The van der Waals surface area contributed by atoms with E-state index in [9.17, 15) is 4.79 Å². The second-order valence-corrected chi connectivity index (χ2v) is 14.7. The summed E-state index contributed by atoms with van der Waals surface area (Å²) in [5, 5.41) is 5.19. The monoisotopic (exact) mass is 666 g/mol. The van der Waals surface area contributed by atoms with Crippen molar-refractivity contribution in [1.29, 1.82) is 0 Å². The lowest BCUT2D eigenvalue weighted by molar-refractivity contribution is -0.164. The number of rotatable bonds is 3. The molecule has 49 heavy (non-hydrogen) atoms. The summed E-state index contributed by atoms with van der Waals surface area (Å²) < 4.78 is 26.6. The zero-order valence-corrected chi connectivity index (χ0v) is 30.2. The van der Waals surface area contributed by atoms with Crippen molar-refractivity contribution in [3.8, 4) is 28.1 Å². The van der Waals surface area contributed by atoms with Crippen LogP contribution in [0.5, 0.6) is 5.75 Å². The highest BCUT2D eigenvalue weighted by atomic mass is 16.6. The van der Waals surface area contributed by atoms with Crippen LogP contribution in [0.1, 0.15) is 83.2 Å². The van der Waals surface area contributed by atoms with Crippen molar-refractivity contribution < 1.29 is 23.7 Å². The van der Waals surface area contributed by atoms with E-state index in [-0.39, 0.29) is 11.7 Å². The van der Waals surface area contributed by atoms with Crippen molar-refractivity contribution in [1.82, 2.24) is 14.6 Å². The van der Waals surface area contributed by atoms with E-state index in [1.54, 1.807) is 0 Å². The Labute approximate surface area is 290 Å². The first-order chi connectivity index (χ1) is 23.3. The van der Waals surface area contributed by atoms with E-state index >= 15 is 0 Å². The van der Waals surface area contributed by atoms with Gasteiger partial charge in [0.25, 0.3) is 0 Å². The van der Waals surface area contributed by atoms with Crippen LogP contribution in [-0.2, 0) is 19.0 Å². The van der Waals surface area contributed by atoms with Gasteiger partial charge in [0.1, 0.15) is 11.6 Å². The lowest BCUT2D eigenvalue weighted by Crippen LogP contribution is -2.45. The number of piperidine rings is 1. The van der Waals surface area contributed by atoms with E-state index in [0.29, 0.717) is 36.6 Å². The van der Waals surface area contributed by atoms with E-state index in [1.807, 2.05) is 38.3 Å². The van der Waals surface area contributed by atoms with Crippen LogP contribution in [0, 0.1) is 13.8 Å². The number of fused-ring (bicyclic) bond motifs is 8. The average Bonchev–Trinajstić information content (AvgIpc) is 3.48. The maximum atomic E-state index is 13.4. The third-order valence-corrected chi connectivity index (χ3v) is 9.44. The minimum Gasteiger partial charge on any atom is -0.490 e. The Morgan fingerprint density at radius 2 is 1.80 bits per heavy atom. The van der Waals surface area contributed by atoms with E-state index < -0.39 is 17.7 Å². The molecule has 1 saturated heterocycles. The quantitative estimate of drug-likeness (QED) is 0.160. The van der Waals surface area contributed by atoms with Crippen molar-refractivity contribution in [3.05, 3.63) is 77.5 Å². The van der Waals surface area contributed by atoms with Gasteiger partial charge in [0.05, 0.1) is 42.3 Å². The van der Waals surface area contributed by atoms with Crippen LogP contribution < -0.4 is 9.64 Å². The standard InChI is InChI=1S/C40H50N4O5/c1-26-16-17-33-31(23-26)29-14-12-15-30(24-29)32-25-34-41-28(3)35(36(38(45)46-8)49-39(4,5)6)37(44(34)42-32)43-20-18-40(7,19-21-43)47-22-11-9-10-13-27(2)48-33/h9,11-12,14-17,23-25,27,36H,10,13,18-22H2,1-8H3/t27-,36-/m0/s1. The van der Waals surface area contributed by atoms with E-state index in [1.165, 1.54) is 7.11 Å². The predicted octanol–water partition coefficient (Wildman–Crippen LogP) is 8.20. The van der Waals surface area contributed by atoms with Gasteiger partial charge in [-0.3, -0.25) is 0 Å². The number of benzene rings is 2. The fraction of sp³-hybridized carbons (Fsp3) is 0.475. The summed E-state index contributed by atoms with van der Waals surface area (Å²) >= 11 is 0. The number of nitrogens with zero attached hydrogens (tertiary/aromatic N) is 4. The number of carbonyl (C=O) groups excluding carboxylic acids is 1. The molecular weight excluding hydrogens is 616 g/mol. The van der Waals surface area contributed by atoms with Gasteiger partial charge < -0.3 is 23.8 Å². The highest BCUT2D eigenvalue weighted by molar-refractivity contribution is 5.81. The molecule has 2 atom stereocenters. The average molecular weight is 667 g/mol. The Hall–Kier alpha value is -4.21. The molecule has 0 aliphatic carbocycles. The second kappa shape index (κ2) is 14.0. The summed E-state index contributed by atoms with van der Waals surface area (Å²) in [5.74, 6) is 1.18. The van der Waals surface area contributed by atoms with E-state index in [2.05, 4.69) is 80.3 Å². The first kappa shape index (κ1) is 34.6. The molecule has 6 bridgehead atoms. The maximum Gasteiger partial charge on any atom is 0.339 e. The van der Waals surface area contributed by atoms with Crippen molar-refractivity contribution in [2.45, 2.75) is 97.6 Å². The molecule has 1 fully saturated rings. The third-order valence-electron chi connectivity index (χ3n) is 9.44. The number of anilines is 1. The van der Waals surface area contributed by atoms with Gasteiger partial charge in [0.2, 0.25) is 0 Å². The van der Waals surface area contributed by atoms with Gasteiger partial charge in [-0.2, -0.15) is 9.61 Å². The van der Waals surface area contributed by atoms with Gasteiger partial charge >= 0.3 is 5.97 Å². The molecule has 2 aromatic carbocycles. The fourth-order valence-electron chi connectivity index (χ4n) is 6.75. The van der Waals surface area contributed by atoms with Crippen LogP contribution >= 0.6 is 0 Å². The summed E-state index contributed by atoms with van der Waals surface area (Å²) in [6.07, 6.45) is 6.81. The minimum atomic E-state index is -0.987. The topological polar surface area (TPSA) is 87.4 Å². The van der Waals surface area contributed by atoms with Crippen molar-refractivity contribution in [2.75, 3.05) is 31.7 Å². The summed E-state index contributed by atoms with van der Waals surface area (Å²) in [7, 11) is 1.39. The first-order valence-corrected chi connectivity index (χ1v) is 17.4. The number of ether oxygens (including phenoxy) is 4. The molecule has 5 heterocycles. The number of methoxy groups -OCH3 is 1. The van der Waals surface area contributed by atoms with Crippen LogP contribution in [-0.4, -0.2) is 64.7 Å². The van der Waals surface area contributed by atoms with Crippen LogP contribution in [0.4, 0.5) is 5.82 Å². The molecule has 2 aromatic heterocycles. The number of allylic oxidation sites excluding steroid dienone is 1. The molecule has 0 spiro atoms. The molecule has 9 nitrogen and oxygen atoms in total. The summed E-state index contributed by atoms with van der Waals surface area (Å²) in [5.41, 5.74) is 6.15. The highest BCUT2D eigenvalue weighted by Crippen LogP contribution is 2.40. The molecule has 9 heteroatoms. The number of esters is 1. The van der Waals surface area contributed by atoms with Crippen LogP contribution in [0.3, 0.4) is 0 Å². The Morgan fingerprint density at radius 1 is 1.04 bits per heavy atom.